The molecule has 10 heteroatoms. The molecule has 24 heavy (non-hydrogen) atoms. The SMILES string of the molecule is Cc1c(C(=O)N[C@H](C(=O)O)C2CC2)cnc2cc(=O)[nH]n12.O=CO. The summed E-state index contributed by atoms with van der Waals surface area (Å²) in [4.78, 5) is 47.1. The first-order chi connectivity index (χ1) is 11.4. The molecule has 1 fully saturated rings. The summed E-state index contributed by atoms with van der Waals surface area (Å²) in [6, 6.07) is 0.440. The molecule has 3 rings (SSSR count). The summed E-state index contributed by atoms with van der Waals surface area (Å²) >= 11 is 0. The van der Waals surface area contributed by atoms with Crippen LogP contribution in [-0.2, 0) is 9.59 Å². The van der Waals surface area contributed by atoms with Crippen molar-refractivity contribution >= 4 is 24.0 Å². The highest BCUT2D eigenvalue weighted by Crippen LogP contribution is 2.32. The molecular weight excluding hydrogens is 320 g/mol. The normalized spacial score (nSPS) is 14.4. The second-order valence-electron chi connectivity index (χ2n) is 5.30. The Morgan fingerprint density at radius 3 is 2.67 bits per heavy atom. The van der Waals surface area contributed by atoms with E-state index in [1.165, 1.54) is 16.8 Å². The zero-order valence-corrected chi connectivity index (χ0v) is 12.7. The number of fused-ring (bicyclic) bond motifs is 1. The van der Waals surface area contributed by atoms with Gasteiger partial charge in [0.15, 0.2) is 5.65 Å². The van der Waals surface area contributed by atoms with Gasteiger partial charge in [-0.1, -0.05) is 0 Å². The number of aryl methyl sites for hydroxylation is 1. The number of aromatic amines is 1. The molecule has 1 saturated carbocycles. The van der Waals surface area contributed by atoms with Gasteiger partial charge in [-0.3, -0.25) is 19.5 Å². The quantitative estimate of drug-likeness (QED) is 0.555. The molecule has 1 amide bonds. The fourth-order valence-electron chi connectivity index (χ4n) is 2.33. The number of carbonyl (C=O) groups is 3. The fourth-order valence-corrected chi connectivity index (χ4v) is 2.33. The first-order valence-electron chi connectivity index (χ1n) is 7.08. The van der Waals surface area contributed by atoms with Crippen molar-refractivity contribution < 1.29 is 24.6 Å². The van der Waals surface area contributed by atoms with Gasteiger partial charge in [0.25, 0.3) is 17.9 Å². The zero-order valence-electron chi connectivity index (χ0n) is 12.7. The molecule has 2 heterocycles. The van der Waals surface area contributed by atoms with E-state index in [4.69, 9.17) is 15.0 Å². The molecular formula is C14H16N4O6. The van der Waals surface area contributed by atoms with E-state index in [-0.39, 0.29) is 23.5 Å². The topological polar surface area (TPSA) is 154 Å². The third kappa shape index (κ3) is 3.59. The molecule has 1 aliphatic rings. The second-order valence-corrected chi connectivity index (χ2v) is 5.30. The van der Waals surface area contributed by atoms with Gasteiger partial charge in [-0.25, -0.2) is 14.3 Å². The Bertz CT molecular complexity index is 835. The number of nitrogens with zero attached hydrogens (tertiary/aromatic N) is 2. The third-order valence-electron chi connectivity index (χ3n) is 3.65. The van der Waals surface area contributed by atoms with Gasteiger partial charge in [0.2, 0.25) is 0 Å². The Kier molecular flexibility index (Phi) is 4.97. The maximum atomic E-state index is 12.2. The highest BCUT2D eigenvalue weighted by molar-refractivity contribution is 5.97. The van der Waals surface area contributed by atoms with Crippen molar-refractivity contribution in [1.29, 1.82) is 0 Å². The number of carbonyl (C=O) groups excluding carboxylic acids is 1. The summed E-state index contributed by atoms with van der Waals surface area (Å²) in [6.07, 6.45) is 2.95. The van der Waals surface area contributed by atoms with E-state index in [1.807, 2.05) is 0 Å². The number of aliphatic carboxylic acids is 1. The lowest BCUT2D eigenvalue weighted by atomic mass is 10.1. The summed E-state index contributed by atoms with van der Waals surface area (Å²) in [5.41, 5.74) is 0.830. The van der Waals surface area contributed by atoms with Gasteiger partial charge < -0.3 is 15.5 Å². The smallest absolute Gasteiger partial charge is 0.326 e. The number of rotatable bonds is 4. The molecule has 0 bridgehead atoms. The summed E-state index contributed by atoms with van der Waals surface area (Å²) in [5.74, 6) is -1.54. The fraction of sp³-hybridized carbons (Fsp3) is 0.357. The van der Waals surface area contributed by atoms with Crippen LogP contribution in [0, 0.1) is 12.8 Å². The van der Waals surface area contributed by atoms with Crippen molar-refractivity contribution in [2.75, 3.05) is 0 Å². The van der Waals surface area contributed by atoms with Crippen LogP contribution >= 0.6 is 0 Å². The Morgan fingerprint density at radius 1 is 1.50 bits per heavy atom. The molecule has 0 aliphatic heterocycles. The van der Waals surface area contributed by atoms with Crippen molar-refractivity contribution in [3.8, 4) is 0 Å². The zero-order chi connectivity index (χ0) is 17.9. The molecule has 0 spiro atoms. The average Bonchev–Trinajstić information content (AvgIpc) is 3.27. The monoisotopic (exact) mass is 336 g/mol. The number of carboxylic acids is 1. The molecule has 0 unspecified atom stereocenters. The first-order valence-corrected chi connectivity index (χ1v) is 7.08. The van der Waals surface area contributed by atoms with Gasteiger partial charge in [0.05, 0.1) is 11.3 Å². The number of aromatic nitrogens is 3. The molecule has 2 aromatic rings. The molecule has 128 valence electrons. The minimum Gasteiger partial charge on any atom is -0.483 e. The van der Waals surface area contributed by atoms with E-state index in [9.17, 15) is 14.4 Å². The number of H-pyrrole nitrogens is 1. The lowest BCUT2D eigenvalue weighted by molar-refractivity contribution is -0.139. The molecule has 4 N–H and O–H groups in total. The largest absolute Gasteiger partial charge is 0.483 e. The number of amides is 1. The number of carboxylic acid groups (broad SMARTS) is 2. The molecule has 2 aromatic heterocycles. The van der Waals surface area contributed by atoms with Crippen LogP contribution in [0.2, 0.25) is 0 Å². The Labute approximate surface area is 135 Å². The van der Waals surface area contributed by atoms with E-state index >= 15 is 0 Å². The Hall–Kier alpha value is -3.17. The first kappa shape index (κ1) is 17.2. The van der Waals surface area contributed by atoms with E-state index in [2.05, 4.69) is 15.4 Å². The van der Waals surface area contributed by atoms with Gasteiger partial charge in [0, 0.05) is 12.3 Å². The van der Waals surface area contributed by atoms with E-state index in [0.29, 0.717) is 11.3 Å². The summed E-state index contributed by atoms with van der Waals surface area (Å²) in [6.45, 7) is 1.41. The maximum absolute atomic E-state index is 12.2. The summed E-state index contributed by atoms with van der Waals surface area (Å²) in [5, 5.41) is 21.1. The van der Waals surface area contributed by atoms with Crippen LogP contribution in [0.25, 0.3) is 5.65 Å². The van der Waals surface area contributed by atoms with E-state index in [1.54, 1.807) is 6.92 Å². The standard InChI is InChI=1S/C13H14N4O4.CH2O2/c1-6-8(5-14-9-4-10(18)16-17(6)9)12(19)15-11(13(20)21)7-2-3-7;2-1-3/h4-5,7,11H,2-3H2,1H3,(H,15,19)(H,16,18)(H,20,21);1H,(H,2,3)/t11-;/m0./s1. The number of nitrogens with one attached hydrogen (secondary N) is 2. The van der Waals surface area contributed by atoms with Crippen LogP contribution in [-0.4, -0.2) is 49.2 Å². The van der Waals surface area contributed by atoms with Crippen LogP contribution < -0.4 is 10.9 Å². The molecule has 10 nitrogen and oxygen atoms in total. The van der Waals surface area contributed by atoms with Crippen LogP contribution in [0.1, 0.15) is 28.9 Å². The second kappa shape index (κ2) is 6.94. The van der Waals surface area contributed by atoms with Crippen LogP contribution in [0.4, 0.5) is 0 Å². The summed E-state index contributed by atoms with van der Waals surface area (Å²) < 4.78 is 1.41. The predicted octanol–water partition coefficient (Wildman–Crippen LogP) is -0.375. The third-order valence-corrected chi connectivity index (χ3v) is 3.65. The highest BCUT2D eigenvalue weighted by Gasteiger charge is 2.37. The lowest BCUT2D eigenvalue weighted by Crippen LogP contribution is -2.42. The molecule has 0 saturated heterocycles. The Balaban J connectivity index is 0.000000647. The van der Waals surface area contributed by atoms with Crippen molar-refractivity contribution in [2.45, 2.75) is 25.8 Å². The summed E-state index contributed by atoms with van der Waals surface area (Å²) in [7, 11) is 0. The highest BCUT2D eigenvalue weighted by atomic mass is 16.4. The molecule has 1 atom stereocenters. The minimum absolute atomic E-state index is 0.00479. The van der Waals surface area contributed by atoms with Crippen LogP contribution in [0.5, 0.6) is 0 Å². The van der Waals surface area contributed by atoms with Crippen LogP contribution in [0.3, 0.4) is 0 Å². The van der Waals surface area contributed by atoms with Crippen molar-refractivity contribution in [1.82, 2.24) is 19.9 Å². The predicted molar refractivity (Wildman–Crippen MR) is 80.9 cm³/mol. The average molecular weight is 336 g/mol. The van der Waals surface area contributed by atoms with Crippen molar-refractivity contribution in [3.05, 3.63) is 33.9 Å². The van der Waals surface area contributed by atoms with E-state index in [0.717, 1.165) is 12.8 Å². The maximum Gasteiger partial charge on any atom is 0.326 e. The number of hydrogen-bond acceptors (Lipinski definition) is 5. The van der Waals surface area contributed by atoms with Crippen molar-refractivity contribution in [3.63, 3.8) is 0 Å². The van der Waals surface area contributed by atoms with Gasteiger partial charge >= 0.3 is 5.97 Å². The van der Waals surface area contributed by atoms with E-state index < -0.39 is 17.9 Å². The number of hydrogen-bond donors (Lipinski definition) is 4. The lowest BCUT2D eigenvalue weighted by Gasteiger charge is -2.14. The molecule has 1 aliphatic carbocycles. The van der Waals surface area contributed by atoms with Gasteiger partial charge in [-0.05, 0) is 25.7 Å². The van der Waals surface area contributed by atoms with Gasteiger partial charge in [-0.15, -0.1) is 0 Å². The van der Waals surface area contributed by atoms with Gasteiger partial charge in [-0.2, -0.15) is 0 Å². The minimum atomic E-state index is -1.04. The Morgan fingerprint density at radius 2 is 2.12 bits per heavy atom. The van der Waals surface area contributed by atoms with Crippen molar-refractivity contribution in [2.24, 2.45) is 5.92 Å². The molecule has 0 aromatic carbocycles. The van der Waals surface area contributed by atoms with Crippen LogP contribution in [0.15, 0.2) is 17.1 Å². The van der Waals surface area contributed by atoms with Gasteiger partial charge in [0.1, 0.15) is 6.04 Å². The molecule has 0 radical (unpaired) electrons.